The van der Waals surface area contributed by atoms with Crippen LogP contribution in [0.5, 0.6) is 0 Å². The smallest absolute Gasteiger partial charge is 0.0721 e. The Kier molecular flexibility index (Phi) is 11.7. The molecule has 0 aromatic heterocycles. The molecule has 0 radical (unpaired) electrons. The zero-order valence-electron chi connectivity index (χ0n) is 12.5. The van der Waals surface area contributed by atoms with Gasteiger partial charge in [-0.25, -0.2) is 0 Å². The Morgan fingerprint density at radius 2 is 1.18 bits per heavy atom. The summed E-state index contributed by atoms with van der Waals surface area (Å²) in [5.74, 6) is 0. The van der Waals surface area contributed by atoms with E-state index in [0.717, 1.165) is 0 Å². The molecule has 0 aromatic rings. The van der Waals surface area contributed by atoms with Gasteiger partial charge in [-0.05, 0) is 25.4 Å². The van der Waals surface area contributed by atoms with Crippen molar-refractivity contribution in [3.63, 3.8) is 0 Å². The largest absolute Gasteiger partial charge is 0.356 e. The number of hydrogen-bond acceptors (Lipinski definition) is 1. The number of hydrogen-bond donors (Lipinski definition) is 0. The van der Waals surface area contributed by atoms with Crippen LogP contribution < -0.4 is 0 Å². The molecule has 0 saturated carbocycles. The van der Waals surface area contributed by atoms with Crippen LogP contribution in [0.25, 0.3) is 0 Å². The molecule has 0 fully saturated rings. The summed E-state index contributed by atoms with van der Waals surface area (Å²) >= 11 is 0. The van der Waals surface area contributed by atoms with E-state index >= 15 is 0 Å². The second-order valence-electron chi connectivity index (χ2n) is 5.09. The molecule has 0 saturated heterocycles. The molecule has 0 bridgehead atoms. The lowest BCUT2D eigenvalue weighted by Gasteiger charge is -2.34. The molecule has 0 rings (SSSR count). The summed E-state index contributed by atoms with van der Waals surface area (Å²) in [6, 6.07) is 0. The van der Waals surface area contributed by atoms with E-state index in [9.17, 15) is 0 Å². The Morgan fingerprint density at radius 3 is 1.47 bits per heavy atom. The molecule has 0 aliphatic carbocycles. The van der Waals surface area contributed by atoms with Gasteiger partial charge in [0.25, 0.3) is 0 Å². The fourth-order valence-corrected chi connectivity index (χ4v) is 3.01. The zero-order valence-corrected chi connectivity index (χ0v) is 13.5. The van der Waals surface area contributed by atoms with Crippen LogP contribution in [-0.2, 0) is 4.52 Å². The van der Waals surface area contributed by atoms with Crippen molar-refractivity contribution in [1.29, 1.82) is 0 Å². The molecular weight excluding hydrogens is 227 g/mol. The fraction of sp³-hybridized carbons (Fsp3) is 1.00. The van der Waals surface area contributed by atoms with E-state index in [1.807, 2.05) is 0 Å². The van der Waals surface area contributed by atoms with Crippen molar-refractivity contribution in [1.82, 2.24) is 0 Å². The first-order chi connectivity index (χ1) is 8.24. The van der Waals surface area contributed by atoms with E-state index < -0.39 is 0 Å². The standard InChI is InChI=1S/C15H33OP/c1-5-9-12-15(13-10-6-2,14-11-7-3)16-17-8-4/h17H,5-14H2,1-4H3. The predicted molar refractivity (Wildman–Crippen MR) is 81.2 cm³/mol. The van der Waals surface area contributed by atoms with Crippen molar-refractivity contribution in [3.05, 3.63) is 0 Å². The third-order valence-corrected chi connectivity index (χ3v) is 4.26. The molecule has 0 amide bonds. The summed E-state index contributed by atoms with van der Waals surface area (Å²) in [7, 11) is 0.700. The highest BCUT2D eigenvalue weighted by Crippen LogP contribution is 2.37. The molecule has 1 nitrogen and oxygen atoms in total. The summed E-state index contributed by atoms with van der Waals surface area (Å²) in [5, 5.41) is 0. The van der Waals surface area contributed by atoms with Gasteiger partial charge in [0.15, 0.2) is 0 Å². The van der Waals surface area contributed by atoms with Gasteiger partial charge in [0.05, 0.1) is 5.60 Å². The maximum atomic E-state index is 6.31. The minimum Gasteiger partial charge on any atom is -0.356 e. The van der Waals surface area contributed by atoms with E-state index in [0.29, 0.717) is 8.81 Å². The second kappa shape index (κ2) is 11.5. The average molecular weight is 260 g/mol. The Morgan fingerprint density at radius 1 is 0.765 bits per heavy atom. The quantitative estimate of drug-likeness (QED) is 0.395. The average Bonchev–Trinajstić information content (AvgIpc) is 2.37. The molecule has 0 heterocycles. The highest BCUT2D eigenvalue weighted by molar-refractivity contribution is 7.32. The van der Waals surface area contributed by atoms with Gasteiger partial charge < -0.3 is 4.52 Å². The van der Waals surface area contributed by atoms with Crippen LogP contribution in [0.15, 0.2) is 0 Å². The molecule has 104 valence electrons. The van der Waals surface area contributed by atoms with Crippen LogP contribution in [0.2, 0.25) is 0 Å². The summed E-state index contributed by atoms with van der Waals surface area (Å²) in [6.45, 7) is 9.08. The molecule has 2 heteroatoms. The van der Waals surface area contributed by atoms with Gasteiger partial charge >= 0.3 is 0 Å². The van der Waals surface area contributed by atoms with Gasteiger partial charge in [-0.15, -0.1) is 0 Å². The van der Waals surface area contributed by atoms with Gasteiger partial charge in [-0.3, -0.25) is 0 Å². The summed E-state index contributed by atoms with van der Waals surface area (Å²) < 4.78 is 6.31. The van der Waals surface area contributed by atoms with Gasteiger partial charge in [-0.2, -0.15) is 0 Å². The van der Waals surface area contributed by atoms with Crippen molar-refractivity contribution >= 4 is 8.81 Å². The van der Waals surface area contributed by atoms with E-state index in [2.05, 4.69) is 27.7 Å². The van der Waals surface area contributed by atoms with Gasteiger partial charge in [0, 0.05) is 8.81 Å². The predicted octanol–water partition coefficient (Wildman–Crippen LogP) is 5.93. The van der Waals surface area contributed by atoms with Crippen LogP contribution >= 0.6 is 8.81 Å². The van der Waals surface area contributed by atoms with E-state index in [-0.39, 0.29) is 5.60 Å². The third kappa shape index (κ3) is 8.16. The molecule has 1 unspecified atom stereocenters. The topological polar surface area (TPSA) is 9.23 Å². The van der Waals surface area contributed by atoms with Crippen molar-refractivity contribution < 1.29 is 4.52 Å². The van der Waals surface area contributed by atoms with E-state index in [1.54, 1.807) is 0 Å². The molecule has 0 spiro atoms. The molecular formula is C15H33OP. The minimum absolute atomic E-state index is 0.219. The lowest BCUT2D eigenvalue weighted by atomic mass is 9.86. The minimum atomic E-state index is 0.219. The molecule has 17 heavy (non-hydrogen) atoms. The lowest BCUT2D eigenvalue weighted by Crippen LogP contribution is -2.30. The SMILES string of the molecule is CCCCC(CCCC)(CCCC)OPCC. The van der Waals surface area contributed by atoms with E-state index in [4.69, 9.17) is 4.52 Å². The van der Waals surface area contributed by atoms with Crippen LogP contribution in [0.3, 0.4) is 0 Å². The van der Waals surface area contributed by atoms with Crippen molar-refractivity contribution in [2.75, 3.05) is 6.16 Å². The highest BCUT2D eigenvalue weighted by Gasteiger charge is 2.28. The summed E-state index contributed by atoms with van der Waals surface area (Å²) in [6.07, 6.45) is 12.8. The van der Waals surface area contributed by atoms with Crippen molar-refractivity contribution in [2.24, 2.45) is 0 Å². The number of unbranched alkanes of at least 4 members (excludes halogenated alkanes) is 3. The van der Waals surface area contributed by atoms with Gasteiger partial charge in [0.2, 0.25) is 0 Å². The normalized spacial score (nSPS) is 12.7. The van der Waals surface area contributed by atoms with Crippen molar-refractivity contribution in [3.8, 4) is 0 Å². The van der Waals surface area contributed by atoms with Gasteiger partial charge in [-0.1, -0.05) is 66.2 Å². The fourth-order valence-electron chi connectivity index (χ4n) is 2.25. The first-order valence-electron chi connectivity index (χ1n) is 7.65. The summed E-state index contributed by atoms with van der Waals surface area (Å²) in [5.41, 5.74) is 0.219. The van der Waals surface area contributed by atoms with E-state index in [1.165, 1.54) is 63.9 Å². The molecule has 0 aliphatic heterocycles. The van der Waals surface area contributed by atoms with Crippen LogP contribution in [0.4, 0.5) is 0 Å². The Hall–Kier alpha value is 0.390. The molecule has 0 aromatic carbocycles. The lowest BCUT2D eigenvalue weighted by molar-refractivity contribution is 0.0515. The second-order valence-corrected chi connectivity index (χ2v) is 6.29. The number of rotatable bonds is 12. The maximum Gasteiger partial charge on any atom is 0.0721 e. The monoisotopic (exact) mass is 260 g/mol. The van der Waals surface area contributed by atoms with Gasteiger partial charge in [0.1, 0.15) is 0 Å². The molecule has 1 atom stereocenters. The third-order valence-electron chi connectivity index (χ3n) is 3.39. The van der Waals surface area contributed by atoms with Crippen molar-refractivity contribution in [2.45, 2.75) is 91.1 Å². The Labute approximate surface area is 111 Å². The molecule has 0 N–H and O–H groups in total. The van der Waals surface area contributed by atoms with Crippen LogP contribution in [0.1, 0.15) is 85.5 Å². The Bertz CT molecular complexity index is 121. The first kappa shape index (κ1) is 17.4. The van der Waals surface area contributed by atoms with Crippen LogP contribution in [-0.4, -0.2) is 11.8 Å². The first-order valence-corrected chi connectivity index (χ1v) is 8.77. The van der Waals surface area contributed by atoms with Crippen LogP contribution in [0, 0.1) is 0 Å². The molecule has 0 aliphatic rings. The highest BCUT2D eigenvalue weighted by atomic mass is 31.1. The maximum absolute atomic E-state index is 6.31. The Balaban J connectivity index is 4.39. The zero-order chi connectivity index (χ0) is 13.0. The summed E-state index contributed by atoms with van der Waals surface area (Å²) in [4.78, 5) is 0.